The molecule has 1 saturated carbocycles. The first kappa shape index (κ1) is 31.2. The lowest BCUT2D eigenvalue weighted by molar-refractivity contribution is -0.497. The van der Waals surface area contributed by atoms with E-state index in [2.05, 4.69) is 53.8 Å². The molecule has 2 aromatic rings. The lowest BCUT2D eigenvalue weighted by Crippen LogP contribution is -2.25. The van der Waals surface area contributed by atoms with E-state index in [1.165, 1.54) is 32.1 Å². The van der Waals surface area contributed by atoms with Crippen LogP contribution in [0.4, 0.5) is 11.4 Å². The van der Waals surface area contributed by atoms with E-state index in [0.717, 1.165) is 76.9 Å². The highest BCUT2D eigenvalue weighted by Crippen LogP contribution is 2.34. The van der Waals surface area contributed by atoms with Gasteiger partial charge in [0.05, 0.1) is 30.6 Å². The zero-order chi connectivity index (χ0) is 29.2. The highest BCUT2D eigenvalue weighted by molar-refractivity contribution is 6.32. The topological polar surface area (TPSA) is 57.5 Å². The number of ketones is 1. The van der Waals surface area contributed by atoms with Crippen LogP contribution >= 0.6 is 0 Å². The van der Waals surface area contributed by atoms with Crippen LogP contribution in [0.3, 0.4) is 0 Å². The Morgan fingerprint density at radius 3 is 2.42 bits per heavy atom. The minimum atomic E-state index is 0.0538. The highest BCUT2D eigenvalue weighted by Gasteiger charge is 2.26. The number of nitrogens with zero attached hydrogens (tertiary/aromatic N) is 3. The van der Waals surface area contributed by atoms with E-state index in [0.29, 0.717) is 5.56 Å². The molecule has 212 valence electrons. The van der Waals surface area contributed by atoms with Gasteiger partial charge in [0.15, 0.2) is 11.5 Å². The molecule has 5 rings (SSSR count). The average Bonchev–Trinajstić information content (AvgIpc) is 3.61. The van der Waals surface area contributed by atoms with Crippen LogP contribution in [0, 0.1) is 6.92 Å². The third-order valence-electron chi connectivity index (χ3n) is 7.63. The van der Waals surface area contributed by atoms with Crippen LogP contribution in [0.15, 0.2) is 48.0 Å². The van der Waals surface area contributed by atoms with Gasteiger partial charge in [-0.3, -0.25) is 9.78 Å². The molecule has 40 heavy (non-hydrogen) atoms. The van der Waals surface area contributed by atoms with Gasteiger partial charge in [-0.2, -0.15) is 0 Å². The van der Waals surface area contributed by atoms with Crippen molar-refractivity contribution in [2.45, 2.75) is 79.1 Å². The molecule has 7 heteroatoms. The van der Waals surface area contributed by atoms with Gasteiger partial charge in [0.25, 0.3) is 0 Å². The summed E-state index contributed by atoms with van der Waals surface area (Å²) in [5, 5.41) is 3.38. The Labute approximate surface area is 242 Å². The van der Waals surface area contributed by atoms with Gasteiger partial charge in [-0.1, -0.05) is 57.0 Å². The number of allylic oxidation sites excluding steroid dienone is 2. The smallest absolute Gasteiger partial charge is 0.185 e. The number of pyridine rings is 1. The lowest BCUT2D eigenvalue weighted by Gasteiger charge is -2.18. The summed E-state index contributed by atoms with van der Waals surface area (Å²) in [7, 11) is 11.6. The fraction of sp³-hybridized carbons (Fsp3) is 0.485. The average molecular weight is 542 g/mol. The summed E-state index contributed by atoms with van der Waals surface area (Å²) in [5.74, 6) is 2.14. The van der Waals surface area contributed by atoms with Crippen LogP contribution < -0.4 is 15.7 Å². The quantitative estimate of drug-likeness (QED) is 0.270. The molecule has 2 aliphatic heterocycles. The molecule has 1 fully saturated rings. The first-order valence-electron chi connectivity index (χ1n) is 14.6. The van der Waals surface area contributed by atoms with Crippen LogP contribution in [-0.2, 0) is 4.74 Å². The number of nitrogens with one attached hydrogen (secondary N) is 1. The number of fused-ring (bicyclic) bond motifs is 1. The van der Waals surface area contributed by atoms with Crippen molar-refractivity contribution in [1.29, 1.82) is 0 Å². The van der Waals surface area contributed by atoms with Crippen molar-refractivity contribution in [3.63, 3.8) is 0 Å². The summed E-state index contributed by atoms with van der Waals surface area (Å²) in [4.78, 5) is 18.4. The second kappa shape index (κ2) is 14.9. The monoisotopic (exact) mass is 541 g/mol. The molecule has 0 bridgehead atoms. The summed E-state index contributed by atoms with van der Waals surface area (Å²) in [6.45, 7) is 8.66. The maximum atomic E-state index is 11.6. The summed E-state index contributed by atoms with van der Waals surface area (Å²) >= 11 is 0. The van der Waals surface area contributed by atoms with Crippen molar-refractivity contribution in [3.05, 3.63) is 64.9 Å². The van der Waals surface area contributed by atoms with E-state index in [-0.39, 0.29) is 5.78 Å². The highest BCUT2D eigenvalue weighted by atomic mass is 16.5. The predicted octanol–water partition coefficient (Wildman–Crippen LogP) is 6.39. The molecular formula is C33H46BN4O2+. The molecule has 1 aromatic carbocycles. The van der Waals surface area contributed by atoms with E-state index in [1.807, 2.05) is 37.3 Å². The summed E-state index contributed by atoms with van der Waals surface area (Å²) in [5.41, 5.74) is 7.57. The molecule has 6 nitrogen and oxygen atoms in total. The summed E-state index contributed by atoms with van der Waals surface area (Å²) in [6.07, 6.45) is 12.8. The Morgan fingerprint density at radius 1 is 1.15 bits per heavy atom. The number of hydrogen-bond acceptors (Lipinski definition) is 5. The predicted molar refractivity (Wildman–Crippen MR) is 169 cm³/mol. The Morgan fingerprint density at radius 2 is 1.82 bits per heavy atom. The largest absolute Gasteiger partial charge is 0.500 e. The van der Waals surface area contributed by atoms with E-state index in [9.17, 15) is 4.79 Å². The lowest BCUT2D eigenvalue weighted by atomic mass is 9.95. The number of aryl methyl sites for hydroxylation is 1. The van der Waals surface area contributed by atoms with E-state index >= 15 is 0 Å². The van der Waals surface area contributed by atoms with Crippen molar-refractivity contribution in [3.8, 4) is 0 Å². The first-order chi connectivity index (χ1) is 19.2. The molecule has 1 aliphatic carbocycles. The standard InChI is InChI=1S/C16H21N2O2.C12H15BN2.C5H10/c1-10-8-13(12(3)19)9-14(17-10)16-11(2)18(4)7-6-15(16)20-5;1-3-4-5-12-14-10-7-6-9(13)8-11(10)15(12)2;1-2-4-5-3-1/h8-9H,6-7H2,1-5H3;5-8,14H,3-4H2,1-2H3;1-5H2/q+1;;/b;12-5-;. The number of unbranched alkanes of at least 4 members (excludes halogenated alkanes) is 1. The molecule has 0 atom stereocenters. The Hall–Kier alpha value is -3.35. The minimum Gasteiger partial charge on any atom is -0.500 e. The number of anilines is 2. The van der Waals surface area contributed by atoms with E-state index < -0.39 is 0 Å². The van der Waals surface area contributed by atoms with Crippen molar-refractivity contribution < 1.29 is 14.1 Å². The molecule has 0 spiro atoms. The molecule has 3 aliphatic rings. The van der Waals surface area contributed by atoms with E-state index in [1.54, 1.807) is 14.0 Å². The first-order valence-corrected chi connectivity index (χ1v) is 14.6. The van der Waals surface area contributed by atoms with E-state index in [4.69, 9.17) is 12.6 Å². The van der Waals surface area contributed by atoms with Gasteiger partial charge >= 0.3 is 0 Å². The van der Waals surface area contributed by atoms with Gasteiger partial charge in [0, 0.05) is 25.2 Å². The molecule has 1 N–H and O–H groups in total. The van der Waals surface area contributed by atoms with Crippen molar-refractivity contribution in [1.82, 2.24) is 4.98 Å². The van der Waals surface area contributed by atoms with Gasteiger partial charge in [-0.05, 0) is 50.6 Å². The number of aromatic nitrogens is 1. The number of Topliss-reactive ketones (excluding diaryl/α,β-unsaturated/α-hetero) is 1. The molecule has 3 heterocycles. The number of hydrogen-bond donors (Lipinski definition) is 1. The molecule has 0 saturated heterocycles. The number of carbonyl (C=O) groups excluding carboxylic acids is 1. The Bertz CT molecular complexity index is 1280. The van der Waals surface area contributed by atoms with Gasteiger partial charge < -0.3 is 15.0 Å². The third-order valence-corrected chi connectivity index (χ3v) is 7.63. The zero-order valence-corrected chi connectivity index (χ0v) is 25.6. The number of ether oxygens (including phenoxy) is 1. The van der Waals surface area contributed by atoms with Crippen LogP contribution in [0.5, 0.6) is 0 Å². The maximum absolute atomic E-state index is 11.6. The van der Waals surface area contributed by atoms with Crippen molar-refractivity contribution in [2.75, 3.05) is 38.0 Å². The molecule has 1 aromatic heterocycles. The summed E-state index contributed by atoms with van der Waals surface area (Å²) < 4.78 is 7.71. The Kier molecular flexibility index (Phi) is 11.6. The maximum Gasteiger partial charge on any atom is 0.185 e. The molecule has 2 radical (unpaired) electrons. The van der Waals surface area contributed by atoms with Crippen LogP contribution in [-0.4, -0.2) is 56.7 Å². The molecule has 0 amide bonds. The van der Waals surface area contributed by atoms with Crippen molar-refractivity contribution >= 4 is 41.8 Å². The van der Waals surface area contributed by atoms with Crippen LogP contribution in [0.1, 0.15) is 93.9 Å². The van der Waals surface area contributed by atoms with Crippen molar-refractivity contribution in [2.24, 2.45) is 0 Å². The second-order valence-electron chi connectivity index (χ2n) is 10.8. The minimum absolute atomic E-state index is 0.0538. The molecule has 0 unspecified atom stereocenters. The van der Waals surface area contributed by atoms with Gasteiger partial charge in [0.1, 0.15) is 38.6 Å². The van der Waals surface area contributed by atoms with Gasteiger partial charge in [0.2, 0.25) is 0 Å². The number of carbonyl (C=O) groups is 1. The van der Waals surface area contributed by atoms with Crippen LogP contribution in [0.2, 0.25) is 0 Å². The third kappa shape index (κ3) is 8.09. The number of methoxy groups -OCH3 is 1. The molecular weight excluding hydrogens is 495 g/mol. The number of benzene rings is 1. The normalized spacial score (nSPS) is 17.1. The second-order valence-corrected chi connectivity index (χ2v) is 10.8. The van der Waals surface area contributed by atoms with Gasteiger partial charge in [-0.25, -0.2) is 4.58 Å². The van der Waals surface area contributed by atoms with Gasteiger partial charge in [-0.15, -0.1) is 0 Å². The Balaban J connectivity index is 0.000000192. The zero-order valence-electron chi connectivity index (χ0n) is 25.6. The number of rotatable bonds is 5. The summed E-state index contributed by atoms with van der Waals surface area (Å²) in [6, 6.07) is 9.61. The fourth-order valence-electron chi connectivity index (χ4n) is 5.12. The fourth-order valence-corrected chi connectivity index (χ4v) is 5.12. The SMILES string of the molecule is C1CCCC1.COC1=C(c2cc(C(C)=O)cc(C)n2)C(C)=[N+](C)CC1.[B]c1ccc2c(c1)N(C)/C(=C\CCC)N2. The van der Waals surface area contributed by atoms with Crippen LogP contribution in [0.25, 0.3) is 5.57 Å².